The number of carbonyl (C=O) groups is 1. The van der Waals surface area contributed by atoms with Gasteiger partial charge in [0.1, 0.15) is 5.82 Å². The molecular weight excluding hydrogens is 259 g/mol. The van der Waals surface area contributed by atoms with Crippen molar-refractivity contribution in [2.45, 2.75) is 37.8 Å². The molecule has 1 saturated carbocycles. The fraction of sp³-hybridized carbons (Fsp3) is 0.533. The average Bonchev–Trinajstić information content (AvgIpc) is 2.46. The van der Waals surface area contributed by atoms with Crippen LogP contribution in [0, 0.1) is 5.82 Å². The maximum Gasteiger partial charge on any atom is 0.257 e. The lowest BCUT2D eigenvalue weighted by molar-refractivity contribution is -0.0753. The van der Waals surface area contributed by atoms with Crippen molar-refractivity contribution >= 4 is 11.6 Å². The van der Waals surface area contributed by atoms with Crippen LogP contribution in [0.2, 0.25) is 0 Å². The lowest BCUT2D eigenvalue weighted by Crippen LogP contribution is -2.54. The second kappa shape index (κ2) is 5.40. The molecule has 1 amide bonds. The third kappa shape index (κ3) is 2.38. The minimum Gasteiger partial charge on any atom is -0.399 e. The van der Waals surface area contributed by atoms with Crippen LogP contribution in [0.15, 0.2) is 18.2 Å². The van der Waals surface area contributed by atoms with Gasteiger partial charge in [-0.25, -0.2) is 4.39 Å². The number of benzene rings is 1. The summed E-state index contributed by atoms with van der Waals surface area (Å²) in [5.41, 5.74) is 5.96. The van der Waals surface area contributed by atoms with Gasteiger partial charge in [-0.3, -0.25) is 4.79 Å². The molecule has 3 rings (SSSR count). The topological polar surface area (TPSA) is 55.6 Å². The van der Waals surface area contributed by atoms with E-state index < -0.39 is 5.82 Å². The van der Waals surface area contributed by atoms with Crippen molar-refractivity contribution < 1.29 is 13.9 Å². The van der Waals surface area contributed by atoms with Gasteiger partial charge in [0, 0.05) is 12.2 Å². The summed E-state index contributed by atoms with van der Waals surface area (Å²) >= 11 is 0. The summed E-state index contributed by atoms with van der Waals surface area (Å²) in [4.78, 5) is 14.4. The fourth-order valence-electron chi connectivity index (χ4n) is 3.21. The minimum atomic E-state index is -0.547. The SMILES string of the molecule is Nc1ccc(C(=O)N2CCOC3CCCCC32)c(F)c1. The normalized spacial score (nSPS) is 26.1. The fourth-order valence-corrected chi connectivity index (χ4v) is 3.21. The van der Waals surface area contributed by atoms with Crippen molar-refractivity contribution in [2.24, 2.45) is 0 Å². The molecule has 5 heteroatoms. The summed E-state index contributed by atoms with van der Waals surface area (Å²) in [6.07, 6.45) is 4.27. The van der Waals surface area contributed by atoms with Crippen LogP contribution in [0.5, 0.6) is 0 Å². The lowest BCUT2D eigenvalue weighted by atomic mass is 9.89. The minimum absolute atomic E-state index is 0.0851. The molecule has 2 N–H and O–H groups in total. The van der Waals surface area contributed by atoms with Gasteiger partial charge in [0.15, 0.2) is 0 Å². The number of fused-ring (bicyclic) bond motifs is 1. The monoisotopic (exact) mass is 278 g/mol. The van der Waals surface area contributed by atoms with Crippen molar-refractivity contribution in [3.05, 3.63) is 29.6 Å². The van der Waals surface area contributed by atoms with Gasteiger partial charge in [0.25, 0.3) is 5.91 Å². The zero-order valence-corrected chi connectivity index (χ0v) is 11.3. The van der Waals surface area contributed by atoms with E-state index >= 15 is 0 Å². The molecule has 0 spiro atoms. The van der Waals surface area contributed by atoms with E-state index in [2.05, 4.69) is 0 Å². The van der Waals surface area contributed by atoms with Gasteiger partial charge in [-0.05, 0) is 31.0 Å². The highest BCUT2D eigenvalue weighted by molar-refractivity contribution is 5.95. The number of hydrogen-bond donors (Lipinski definition) is 1. The quantitative estimate of drug-likeness (QED) is 0.801. The van der Waals surface area contributed by atoms with Gasteiger partial charge in [0.2, 0.25) is 0 Å². The van der Waals surface area contributed by atoms with Gasteiger partial charge < -0.3 is 15.4 Å². The van der Waals surface area contributed by atoms with E-state index in [4.69, 9.17) is 10.5 Å². The summed E-state index contributed by atoms with van der Waals surface area (Å²) in [6.45, 7) is 1.06. The number of nitrogen functional groups attached to an aromatic ring is 1. The molecule has 20 heavy (non-hydrogen) atoms. The van der Waals surface area contributed by atoms with Crippen LogP contribution in [0.25, 0.3) is 0 Å². The number of halogens is 1. The molecule has 108 valence electrons. The molecule has 2 atom stereocenters. The van der Waals surface area contributed by atoms with Gasteiger partial charge in [0.05, 0.1) is 24.3 Å². The Hall–Kier alpha value is -1.62. The van der Waals surface area contributed by atoms with E-state index in [-0.39, 0.29) is 23.6 Å². The van der Waals surface area contributed by atoms with Crippen molar-refractivity contribution in [2.75, 3.05) is 18.9 Å². The molecule has 0 bridgehead atoms. The Balaban J connectivity index is 1.85. The standard InChI is InChI=1S/C15H19FN2O2/c16-12-9-10(17)5-6-11(12)15(19)18-7-8-20-14-4-2-1-3-13(14)18/h5-6,9,13-14H,1-4,7-8,17H2. The zero-order valence-electron chi connectivity index (χ0n) is 11.3. The maximum absolute atomic E-state index is 13.9. The lowest BCUT2D eigenvalue weighted by Gasteiger charge is -2.43. The summed E-state index contributed by atoms with van der Waals surface area (Å²) in [5.74, 6) is -0.795. The molecule has 0 radical (unpaired) electrons. The van der Waals surface area contributed by atoms with Gasteiger partial charge in [-0.15, -0.1) is 0 Å². The van der Waals surface area contributed by atoms with Crippen molar-refractivity contribution in [3.8, 4) is 0 Å². The smallest absolute Gasteiger partial charge is 0.257 e. The molecule has 2 aliphatic rings. The Labute approximate surface area is 117 Å². The van der Waals surface area contributed by atoms with Crippen LogP contribution >= 0.6 is 0 Å². The second-order valence-electron chi connectivity index (χ2n) is 5.50. The molecular formula is C15H19FN2O2. The Morgan fingerprint density at radius 2 is 2.15 bits per heavy atom. The number of rotatable bonds is 1. The maximum atomic E-state index is 13.9. The third-order valence-electron chi connectivity index (χ3n) is 4.22. The first-order valence-electron chi connectivity index (χ1n) is 7.14. The number of nitrogens with zero attached hydrogens (tertiary/aromatic N) is 1. The van der Waals surface area contributed by atoms with Crippen molar-refractivity contribution in [1.82, 2.24) is 4.90 Å². The summed E-state index contributed by atoms with van der Waals surface area (Å²) in [7, 11) is 0. The summed E-state index contributed by atoms with van der Waals surface area (Å²) in [6, 6.07) is 4.32. The first-order valence-corrected chi connectivity index (χ1v) is 7.14. The van der Waals surface area contributed by atoms with E-state index in [1.165, 1.54) is 12.1 Å². The molecule has 1 saturated heterocycles. The largest absolute Gasteiger partial charge is 0.399 e. The number of nitrogens with two attached hydrogens (primary N) is 1. The molecule has 4 nitrogen and oxygen atoms in total. The summed E-state index contributed by atoms with van der Waals surface area (Å²) in [5, 5.41) is 0. The van der Waals surface area contributed by atoms with Gasteiger partial charge >= 0.3 is 0 Å². The predicted molar refractivity (Wildman–Crippen MR) is 73.8 cm³/mol. The molecule has 2 unspecified atom stereocenters. The Morgan fingerprint density at radius 3 is 2.95 bits per heavy atom. The highest BCUT2D eigenvalue weighted by Gasteiger charge is 2.37. The number of carbonyl (C=O) groups excluding carboxylic acids is 1. The third-order valence-corrected chi connectivity index (χ3v) is 4.22. The van der Waals surface area contributed by atoms with E-state index in [9.17, 15) is 9.18 Å². The molecule has 1 aliphatic heterocycles. The average molecular weight is 278 g/mol. The van der Waals surface area contributed by atoms with Gasteiger partial charge in [-0.1, -0.05) is 12.8 Å². The first-order chi connectivity index (χ1) is 9.66. The van der Waals surface area contributed by atoms with E-state index in [0.29, 0.717) is 18.8 Å². The second-order valence-corrected chi connectivity index (χ2v) is 5.50. The van der Waals surface area contributed by atoms with E-state index in [1.54, 1.807) is 11.0 Å². The number of amides is 1. The number of hydrogen-bond acceptors (Lipinski definition) is 3. The van der Waals surface area contributed by atoms with E-state index in [0.717, 1.165) is 25.7 Å². The van der Waals surface area contributed by atoms with E-state index in [1.807, 2.05) is 0 Å². The number of morpholine rings is 1. The van der Waals surface area contributed by atoms with Crippen molar-refractivity contribution in [3.63, 3.8) is 0 Å². The molecule has 0 aromatic heterocycles. The highest BCUT2D eigenvalue weighted by atomic mass is 19.1. The van der Waals surface area contributed by atoms with Crippen LogP contribution < -0.4 is 5.73 Å². The Kier molecular flexibility index (Phi) is 3.61. The van der Waals surface area contributed by atoms with Crippen LogP contribution in [-0.4, -0.2) is 36.1 Å². The van der Waals surface area contributed by atoms with Crippen LogP contribution in [-0.2, 0) is 4.74 Å². The predicted octanol–water partition coefficient (Wildman–Crippen LogP) is 2.19. The first kappa shape index (κ1) is 13.4. The number of ether oxygens (including phenoxy) is 1. The number of anilines is 1. The van der Waals surface area contributed by atoms with Gasteiger partial charge in [-0.2, -0.15) is 0 Å². The molecule has 1 heterocycles. The zero-order chi connectivity index (χ0) is 14.1. The van der Waals surface area contributed by atoms with Crippen LogP contribution in [0.3, 0.4) is 0 Å². The molecule has 2 fully saturated rings. The molecule has 1 aliphatic carbocycles. The van der Waals surface area contributed by atoms with Crippen LogP contribution in [0.4, 0.5) is 10.1 Å². The highest BCUT2D eigenvalue weighted by Crippen LogP contribution is 2.29. The van der Waals surface area contributed by atoms with Crippen LogP contribution in [0.1, 0.15) is 36.0 Å². The molecule has 1 aromatic rings. The Bertz CT molecular complexity index is 519. The molecule has 1 aromatic carbocycles. The summed E-state index contributed by atoms with van der Waals surface area (Å²) < 4.78 is 19.7. The van der Waals surface area contributed by atoms with Crippen molar-refractivity contribution in [1.29, 1.82) is 0 Å². The Morgan fingerprint density at radius 1 is 1.35 bits per heavy atom.